The Morgan fingerprint density at radius 3 is 2.20 bits per heavy atom. The molecule has 0 aliphatic carbocycles. The number of allylic oxidation sites excluding steroid dienone is 1. The van der Waals surface area contributed by atoms with E-state index in [2.05, 4.69) is 6.58 Å². The highest BCUT2D eigenvalue weighted by Gasteiger charge is 2.38. The molecule has 0 aliphatic heterocycles. The van der Waals surface area contributed by atoms with Crippen molar-refractivity contribution in [3.63, 3.8) is 0 Å². The Morgan fingerprint density at radius 1 is 1.04 bits per heavy atom. The lowest BCUT2D eigenvalue weighted by atomic mass is 9.98. The Balaban J connectivity index is 2.47. The number of carbonyl (C=O) groups excluding carboxylic acids is 1. The number of fused-ring (bicyclic) bond motifs is 1. The minimum atomic E-state index is -4.71. The maximum Gasteiger partial charge on any atom is 0.417 e. The van der Waals surface area contributed by atoms with Crippen LogP contribution >= 0.6 is 0 Å². The van der Waals surface area contributed by atoms with Crippen molar-refractivity contribution in [3.05, 3.63) is 66.6 Å². The molecule has 2 aromatic carbocycles. The Morgan fingerprint density at radius 2 is 1.64 bits per heavy atom. The van der Waals surface area contributed by atoms with Gasteiger partial charge in [0.1, 0.15) is 5.82 Å². The zero-order valence-electron chi connectivity index (χ0n) is 13.2. The van der Waals surface area contributed by atoms with Crippen molar-refractivity contribution in [1.82, 2.24) is 4.57 Å². The van der Waals surface area contributed by atoms with Crippen LogP contribution in [0.5, 0.6) is 0 Å². The molecule has 2 nitrogen and oxygen atoms in total. The highest BCUT2D eigenvalue weighted by molar-refractivity contribution is 6.07. The predicted molar refractivity (Wildman–Crippen MR) is 88.7 cm³/mol. The van der Waals surface area contributed by atoms with E-state index in [4.69, 9.17) is 0 Å². The van der Waals surface area contributed by atoms with Gasteiger partial charge in [-0.15, -0.1) is 0 Å². The monoisotopic (exact) mass is 347 g/mol. The fraction of sp³-hybridized carbons (Fsp3) is 0.105. The van der Waals surface area contributed by atoms with Crippen molar-refractivity contribution in [2.75, 3.05) is 0 Å². The van der Waals surface area contributed by atoms with Crippen LogP contribution in [-0.4, -0.2) is 16.7 Å². The van der Waals surface area contributed by atoms with Crippen molar-refractivity contribution in [2.24, 2.45) is 0 Å². The van der Waals surface area contributed by atoms with Gasteiger partial charge in [-0.25, -0.2) is 4.39 Å². The van der Waals surface area contributed by atoms with Crippen LogP contribution in [0.2, 0.25) is 0 Å². The minimum absolute atomic E-state index is 0.202. The van der Waals surface area contributed by atoms with Gasteiger partial charge in [0.2, 0.25) is 5.91 Å². The third-order valence-electron chi connectivity index (χ3n) is 3.95. The summed E-state index contributed by atoms with van der Waals surface area (Å²) in [4.78, 5) is 12.1. The molecule has 3 aromatic rings. The van der Waals surface area contributed by atoms with E-state index in [1.54, 1.807) is 24.3 Å². The molecule has 0 bridgehead atoms. The second kappa shape index (κ2) is 5.88. The zero-order chi connectivity index (χ0) is 18.4. The highest BCUT2D eigenvalue weighted by atomic mass is 19.4. The van der Waals surface area contributed by atoms with Crippen LogP contribution in [0.15, 0.2) is 55.1 Å². The molecule has 0 spiro atoms. The highest BCUT2D eigenvalue weighted by Crippen LogP contribution is 2.43. The Kier molecular flexibility index (Phi) is 3.99. The second-order valence-electron chi connectivity index (χ2n) is 5.58. The molecule has 128 valence electrons. The quantitative estimate of drug-likeness (QED) is 0.547. The van der Waals surface area contributed by atoms with Crippen LogP contribution in [0.25, 0.3) is 27.6 Å². The maximum atomic E-state index is 13.4. The molecule has 3 rings (SSSR count). The maximum absolute atomic E-state index is 13.4. The van der Waals surface area contributed by atoms with Gasteiger partial charge in [0, 0.05) is 17.9 Å². The number of rotatable bonds is 2. The van der Waals surface area contributed by atoms with Crippen LogP contribution in [0, 0.1) is 5.82 Å². The van der Waals surface area contributed by atoms with Gasteiger partial charge in [-0.3, -0.25) is 9.36 Å². The summed E-state index contributed by atoms with van der Waals surface area (Å²) in [7, 11) is 0. The average Bonchev–Trinajstić information content (AvgIpc) is 2.89. The molecule has 25 heavy (non-hydrogen) atoms. The van der Waals surface area contributed by atoms with Crippen LogP contribution in [0.3, 0.4) is 0 Å². The average molecular weight is 347 g/mol. The molecule has 0 unspecified atom stereocenters. The molecule has 1 aromatic heterocycles. The standard InChI is InChI=1S/C19H13F4NO/c1-11(19(21,22)23)18-17(13-7-9-14(20)10-8-13)15-5-3-4-6-16(15)24(18)12(2)25/h3-10H,1H2,2H3. The lowest BCUT2D eigenvalue weighted by Crippen LogP contribution is -2.17. The molecule has 0 amide bonds. The molecule has 1 heterocycles. The summed E-state index contributed by atoms with van der Waals surface area (Å²) in [6.45, 7) is 4.35. The third kappa shape index (κ3) is 2.84. The molecule has 0 N–H and O–H groups in total. The number of hydrogen-bond acceptors (Lipinski definition) is 1. The normalized spacial score (nSPS) is 11.7. The topological polar surface area (TPSA) is 22.0 Å². The van der Waals surface area contributed by atoms with Gasteiger partial charge in [-0.05, 0) is 23.8 Å². The molecule has 0 saturated carbocycles. The Bertz CT molecular complexity index is 981. The molecular weight excluding hydrogens is 334 g/mol. The zero-order valence-corrected chi connectivity index (χ0v) is 13.2. The summed E-state index contributed by atoms with van der Waals surface area (Å²) in [6.07, 6.45) is -4.71. The first-order valence-corrected chi connectivity index (χ1v) is 7.38. The lowest BCUT2D eigenvalue weighted by molar-refractivity contribution is -0.0689. The third-order valence-corrected chi connectivity index (χ3v) is 3.95. The molecule has 6 heteroatoms. The molecule has 0 aliphatic rings. The summed E-state index contributed by atoms with van der Waals surface area (Å²) in [5.74, 6) is -1.07. The lowest BCUT2D eigenvalue weighted by Gasteiger charge is -2.15. The number of carbonyl (C=O) groups is 1. The van der Waals surface area contributed by atoms with Crippen molar-refractivity contribution in [2.45, 2.75) is 13.1 Å². The largest absolute Gasteiger partial charge is 0.417 e. The van der Waals surface area contributed by atoms with E-state index in [0.717, 1.165) is 16.7 Å². The summed E-state index contributed by atoms with van der Waals surface area (Å²) in [5.41, 5.74) is -0.535. The van der Waals surface area contributed by atoms with Gasteiger partial charge in [0.25, 0.3) is 0 Å². The molecule has 0 fully saturated rings. The van der Waals surface area contributed by atoms with E-state index in [9.17, 15) is 22.4 Å². The Hall–Kier alpha value is -2.89. The van der Waals surface area contributed by atoms with E-state index in [-0.39, 0.29) is 11.3 Å². The number of benzene rings is 2. The Labute approximate surface area is 141 Å². The first-order valence-electron chi connectivity index (χ1n) is 7.38. The van der Waals surface area contributed by atoms with E-state index in [1.165, 1.54) is 19.1 Å². The fourth-order valence-corrected chi connectivity index (χ4v) is 2.90. The van der Waals surface area contributed by atoms with Crippen molar-refractivity contribution in [3.8, 4) is 11.1 Å². The molecule has 0 atom stereocenters. The van der Waals surface area contributed by atoms with Gasteiger partial charge in [-0.2, -0.15) is 13.2 Å². The van der Waals surface area contributed by atoms with Crippen molar-refractivity contribution < 1.29 is 22.4 Å². The van der Waals surface area contributed by atoms with Crippen molar-refractivity contribution >= 4 is 22.4 Å². The van der Waals surface area contributed by atoms with Crippen molar-refractivity contribution in [1.29, 1.82) is 0 Å². The number of halogens is 4. The predicted octanol–water partition coefficient (Wildman–Crippen LogP) is 5.68. The smallest absolute Gasteiger partial charge is 0.279 e. The first kappa shape index (κ1) is 17.0. The van der Waals surface area contributed by atoms with Gasteiger partial charge in [0.05, 0.1) is 16.8 Å². The van der Waals surface area contributed by atoms with Gasteiger partial charge < -0.3 is 0 Å². The van der Waals surface area contributed by atoms with Crippen LogP contribution < -0.4 is 0 Å². The van der Waals surface area contributed by atoms with Crippen LogP contribution in [0.1, 0.15) is 17.4 Å². The first-order chi connectivity index (χ1) is 11.7. The summed E-state index contributed by atoms with van der Waals surface area (Å²) in [6, 6.07) is 11.6. The number of alkyl halides is 3. The molecule has 0 saturated heterocycles. The van der Waals surface area contributed by atoms with Gasteiger partial charge in [-0.1, -0.05) is 36.9 Å². The summed E-state index contributed by atoms with van der Waals surface area (Å²) in [5, 5.41) is 0.463. The number of aromatic nitrogens is 1. The SMILES string of the molecule is C=C(c1c(-c2ccc(F)cc2)c2ccccc2n1C(C)=O)C(F)(F)F. The number of hydrogen-bond donors (Lipinski definition) is 0. The van der Waals surface area contributed by atoms with E-state index in [1.807, 2.05) is 0 Å². The molecule has 0 radical (unpaired) electrons. The van der Waals surface area contributed by atoms with E-state index < -0.39 is 23.5 Å². The summed E-state index contributed by atoms with van der Waals surface area (Å²) >= 11 is 0. The number of nitrogens with zero attached hydrogens (tertiary/aromatic N) is 1. The second-order valence-corrected chi connectivity index (χ2v) is 5.58. The summed E-state index contributed by atoms with van der Waals surface area (Å²) < 4.78 is 54.4. The molecular formula is C19H13F4NO. The minimum Gasteiger partial charge on any atom is -0.279 e. The van der Waals surface area contributed by atoms with Crippen LogP contribution in [0.4, 0.5) is 17.6 Å². The van der Waals surface area contributed by atoms with Gasteiger partial charge >= 0.3 is 6.18 Å². The fourth-order valence-electron chi connectivity index (χ4n) is 2.90. The van der Waals surface area contributed by atoms with Gasteiger partial charge in [0.15, 0.2) is 0 Å². The van der Waals surface area contributed by atoms with Crippen LogP contribution in [-0.2, 0) is 0 Å². The van der Waals surface area contributed by atoms with E-state index >= 15 is 0 Å². The number of para-hydroxylation sites is 1. The van der Waals surface area contributed by atoms with E-state index in [0.29, 0.717) is 16.5 Å².